The van der Waals surface area contributed by atoms with Crippen LogP contribution in [0.25, 0.3) is 5.69 Å². The van der Waals surface area contributed by atoms with Crippen LogP contribution in [-0.2, 0) is 12.4 Å². The fourth-order valence-corrected chi connectivity index (χ4v) is 2.63. The number of carbonyl (C=O) groups is 1. The maximum atomic E-state index is 13.7. The first-order valence-electron chi connectivity index (χ1n) is 7.99. The number of benzene rings is 2. The summed E-state index contributed by atoms with van der Waals surface area (Å²) in [5.74, 6) is -4.36. The molecule has 4 nitrogen and oxygen atoms in total. The Hall–Kier alpha value is -3.44. The van der Waals surface area contributed by atoms with Gasteiger partial charge in [-0.2, -0.15) is 31.4 Å². The number of alkyl halides is 6. The molecule has 0 saturated carbocycles. The molecule has 30 heavy (non-hydrogen) atoms. The minimum Gasteiger partial charge on any atom is -0.319 e. The summed E-state index contributed by atoms with van der Waals surface area (Å²) in [5.41, 5.74) is -7.15. The van der Waals surface area contributed by atoms with E-state index in [4.69, 9.17) is 0 Å². The van der Waals surface area contributed by atoms with Crippen LogP contribution in [-0.4, -0.2) is 15.7 Å². The summed E-state index contributed by atoms with van der Waals surface area (Å²) in [6, 6.07) is 7.68. The van der Waals surface area contributed by atoms with Crippen LogP contribution in [0.3, 0.4) is 0 Å². The molecule has 0 bridgehead atoms. The van der Waals surface area contributed by atoms with Gasteiger partial charge in [0.25, 0.3) is 5.91 Å². The van der Waals surface area contributed by atoms with Crippen molar-refractivity contribution in [1.29, 1.82) is 0 Å². The summed E-state index contributed by atoms with van der Waals surface area (Å²) in [5, 5.41) is 4.58. The van der Waals surface area contributed by atoms with E-state index in [-0.39, 0.29) is 10.4 Å². The van der Waals surface area contributed by atoms with Gasteiger partial charge in [0, 0.05) is 6.07 Å². The monoisotopic (exact) mass is 435 g/mol. The fourth-order valence-electron chi connectivity index (χ4n) is 2.63. The van der Waals surface area contributed by atoms with E-state index < -0.39 is 52.5 Å². The molecular formula is C18H9F8N3O. The lowest BCUT2D eigenvalue weighted by Gasteiger charge is -2.13. The molecule has 158 valence electrons. The van der Waals surface area contributed by atoms with E-state index >= 15 is 0 Å². The Morgan fingerprint density at radius 2 is 1.53 bits per heavy atom. The zero-order chi connectivity index (χ0) is 22.3. The number of rotatable bonds is 3. The summed E-state index contributed by atoms with van der Waals surface area (Å²) in [6.45, 7) is 0. The van der Waals surface area contributed by atoms with Crippen molar-refractivity contribution in [3.05, 3.63) is 77.1 Å². The van der Waals surface area contributed by atoms with Crippen LogP contribution in [0.5, 0.6) is 0 Å². The summed E-state index contributed by atoms with van der Waals surface area (Å²) in [7, 11) is 0. The quantitative estimate of drug-likeness (QED) is 0.557. The smallest absolute Gasteiger partial charge is 0.319 e. The first-order chi connectivity index (χ1) is 13.9. The van der Waals surface area contributed by atoms with E-state index in [1.807, 2.05) is 0 Å². The second-order valence-electron chi connectivity index (χ2n) is 5.89. The summed E-state index contributed by atoms with van der Waals surface area (Å²) in [4.78, 5) is 12.4. The molecule has 3 aromatic rings. The highest BCUT2D eigenvalue weighted by Crippen LogP contribution is 2.40. The Bertz CT molecular complexity index is 1090. The average Bonchev–Trinajstić information content (AvgIpc) is 3.06. The van der Waals surface area contributed by atoms with Gasteiger partial charge in [-0.25, -0.2) is 13.5 Å². The lowest BCUT2D eigenvalue weighted by Crippen LogP contribution is -2.23. The molecule has 1 N–H and O–H groups in total. The molecule has 0 atom stereocenters. The molecule has 0 aliphatic carbocycles. The lowest BCUT2D eigenvalue weighted by molar-refractivity contribution is -0.144. The van der Waals surface area contributed by atoms with Crippen molar-refractivity contribution < 1.29 is 39.9 Å². The van der Waals surface area contributed by atoms with Gasteiger partial charge in [-0.1, -0.05) is 18.2 Å². The van der Waals surface area contributed by atoms with Gasteiger partial charge < -0.3 is 5.32 Å². The third kappa shape index (κ3) is 4.11. The normalized spacial score (nSPS) is 12.1. The van der Waals surface area contributed by atoms with Gasteiger partial charge in [-0.3, -0.25) is 4.79 Å². The van der Waals surface area contributed by atoms with Crippen molar-refractivity contribution >= 4 is 11.6 Å². The standard InChI is InChI=1S/C18H9F8N3O/c19-9-6-7-12(11(20)8-9)27-16(30)13-14(17(21,22)23)28-29(15(13)18(24,25)26)10-4-2-1-3-5-10/h1-8H,(H,27,30). The third-order valence-corrected chi connectivity index (χ3v) is 3.83. The maximum Gasteiger partial charge on any atom is 0.436 e. The molecule has 0 unspecified atom stereocenters. The molecule has 1 aromatic heterocycles. The lowest BCUT2D eigenvalue weighted by atomic mass is 10.1. The maximum absolute atomic E-state index is 13.7. The molecule has 0 spiro atoms. The second-order valence-corrected chi connectivity index (χ2v) is 5.89. The number of carbonyl (C=O) groups excluding carboxylic acids is 1. The Kier molecular flexibility index (Phi) is 5.27. The van der Waals surface area contributed by atoms with Gasteiger partial charge in [0.2, 0.25) is 0 Å². The van der Waals surface area contributed by atoms with Gasteiger partial charge in [0.1, 0.15) is 17.2 Å². The molecule has 1 amide bonds. The van der Waals surface area contributed by atoms with Crippen molar-refractivity contribution in [2.75, 3.05) is 5.32 Å². The molecule has 0 aliphatic heterocycles. The summed E-state index contributed by atoms with van der Waals surface area (Å²) >= 11 is 0. The van der Waals surface area contributed by atoms with Crippen LogP contribution in [0.4, 0.5) is 40.8 Å². The Balaban J connectivity index is 2.23. The van der Waals surface area contributed by atoms with Crippen molar-refractivity contribution in [1.82, 2.24) is 9.78 Å². The first-order valence-corrected chi connectivity index (χ1v) is 7.99. The van der Waals surface area contributed by atoms with Crippen molar-refractivity contribution in [2.24, 2.45) is 0 Å². The van der Waals surface area contributed by atoms with Gasteiger partial charge in [-0.15, -0.1) is 0 Å². The number of nitrogens with zero attached hydrogens (tertiary/aromatic N) is 2. The van der Waals surface area contributed by atoms with Crippen LogP contribution in [0.1, 0.15) is 21.7 Å². The van der Waals surface area contributed by atoms with E-state index in [2.05, 4.69) is 5.10 Å². The Morgan fingerprint density at radius 3 is 2.07 bits per heavy atom. The Morgan fingerprint density at radius 1 is 0.900 bits per heavy atom. The summed E-state index contributed by atoms with van der Waals surface area (Å²) < 4.78 is 108. The number of hydrogen-bond acceptors (Lipinski definition) is 2. The fraction of sp³-hybridized carbons (Fsp3) is 0.111. The molecule has 3 rings (SSSR count). The van der Waals surface area contributed by atoms with Crippen molar-refractivity contribution in [3.63, 3.8) is 0 Å². The number of amides is 1. The van der Waals surface area contributed by atoms with E-state index in [0.717, 1.165) is 12.1 Å². The predicted octanol–water partition coefficient (Wildman–Crippen LogP) is 5.44. The number of halogens is 8. The van der Waals surface area contributed by atoms with Gasteiger partial charge in [0.05, 0.1) is 11.4 Å². The molecule has 0 aliphatic rings. The third-order valence-electron chi connectivity index (χ3n) is 3.83. The predicted molar refractivity (Wildman–Crippen MR) is 87.9 cm³/mol. The second kappa shape index (κ2) is 7.43. The van der Waals surface area contributed by atoms with Gasteiger partial charge in [0.15, 0.2) is 11.4 Å². The number of hydrogen-bond donors (Lipinski definition) is 1. The van der Waals surface area contributed by atoms with Crippen LogP contribution in [0, 0.1) is 11.6 Å². The summed E-state index contributed by atoms with van der Waals surface area (Å²) in [6.07, 6.45) is -10.9. The highest BCUT2D eigenvalue weighted by Gasteiger charge is 2.49. The van der Waals surface area contributed by atoms with E-state index in [1.165, 1.54) is 18.2 Å². The van der Waals surface area contributed by atoms with Crippen LogP contribution < -0.4 is 5.32 Å². The topological polar surface area (TPSA) is 46.9 Å². The molecule has 0 fully saturated rings. The van der Waals surface area contributed by atoms with Crippen molar-refractivity contribution in [2.45, 2.75) is 12.4 Å². The molecule has 12 heteroatoms. The average molecular weight is 435 g/mol. The highest BCUT2D eigenvalue weighted by atomic mass is 19.4. The zero-order valence-electron chi connectivity index (χ0n) is 14.4. The van der Waals surface area contributed by atoms with E-state index in [9.17, 15) is 39.9 Å². The van der Waals surface area contributed by atoms with Crippen LogP contribution in [0.15, 0.2) is 48.5 Å². The van der Waals surface area contributed by atoms with Crippen LogP contribution >= 0.6 is 0 Å². The SMILES string of the molecule is O=C(Nc1ccc(F)cc1F)c1c(C(F)(F)F)nn(-c2ccccc2)c1C(F)(F)F. The molecule has 1 heterocycles. The largest absolute Gasteiger partial charge is 0.436 e. The number of para-hydroxylation sites is 1. The minimum atomic E-state index is -5.44. The molecule has 0 radical (unpaired) electrons. The molecule has 0 saturated heterocycles. The molecular weight excluding hydrogens is 426 g/mol. The number of aromatic nitrogens is 2. The van der Waals surface area contributed by atoms with Crippen LogP contribution in [0.2, 0.25) is 0 Å². The first kappa shape index (κ1) is 21.3. The molecule has 2 aromatic carbocycles. The highest BCUT2D eigenvalue weighted by molar-refractivity contribution is 6.06. The number of nitrogens with one attached hydrogen (secondary N) is 1. The van der Waals surface area contributed by atoms with Gasteiger partial charge in [-0.05, 0) is 24.3 Å². The zero-order valence-corrected chi connectivity index (χ0v) is 14.4. The van der Waals surface area contributed by atoms with E-state index in [0.29, 0.717) is 18.2 Å². The minimum absolute atomic E-state index is 0.0568. The Labute approximate surface area is 162 Å². The van der Waals surface area contributed by atoms with Crippen molar-refractivity contribution in [3.8, 4) is 5.69 Å². The number of anilines is 1. The van der Waals surface area contributed by atoms with Gasteiger partial charge >= 0.3 is 12.4 Å². The van der Waals surface area contributed by atoms with E-state index in [1.54, 1.807) is 5.32 Å².